The Morgan fingerprint density at radius 2 is 1.71 bits per heavy atom. The Morgan fingerprint density at radius 3 is 2.34 bits per heavy atom. The second kappa shape index (κ2) is 9.02. The molecule has 2 saturated heterocycles. The summed E-state index contributed by atoms with van der Waals surface area (Å²) in [4.78, 5) is 13.8. The molecule has 2 bridgehead atoms. The molecule has 7 heteroatoms. The molecule has 2 atom stereocenters. The molecule has 2 aliphatic rings. The second-order valence-electron chi connectivity index (χ2n) is 10.7. The lowest BCUT2D eigenvalue weighted by Crippen LogP contribution is -2.54. The standard InChI is InChI=1S/C28H34FN5O/c1-18-6-7-19(28(2,3)4)14-25(18)31-26-24(29)15-30-27(32-26)34-21-8-9-22(34)17-33(16-21)20-10-12-23(35-5)13-11-20/h6-7,10-15,21-22H,8-9,16-17H2,1-5H3,(H,30,31,32)/t21-,22+. The molecule has 1 aromatic heterocycles. The first-order valence-corrected chi connectivity index (χ1v) is 12.3. The Kier molecular flexibility index (Phi) is 6.03. The van der Waals surface area contributed by atoms with Gasteiger partial charge in [-0.05, 0) is 66.6 Å². The SMILES string of the molecule is COc1ccc(N2C[C@H]3CC[C@@H](C2)N3c2ncc(F)c(Nc3cc(C(C)(C)C)ccc3C)n2)cc1. The highest BCUT2D eigenvalue weighted by Crippen LogP contribution is 2.36. The van der Waals surface area contributed by atoms with Gasteiger partial charge < -0.3 is 19.9 Å². The summed E-state index contributed by atoms with van der Waals surface area (Å²) in [5.74, 6) is 1.23. The van der Waals surface area contributed by atoms with Crippen molar-refractivity contribution in [2.45, 2.75) is 58.0 Å². The molecule has 0 radical (unpaired) electrons. The van der Waals surface area contributed by atoms with Crippen LogP contribution in [0.5, 0.6) is 5.75 Å². The third-order valence-electron chi connectivity index (χ3n) is 7.24. The monoisotopic (exact) mass is 475 g/mol. The number of halogens is 1. The maximum absolute atomic E-state index is 14.8. The Bertz CT molecular complexity index is 1190. The van der Waals surface area contributed by atoms with Crippen molar-refractivity contribution in [1.29, 1.82) is 0 Å². The van der Waals surface area contributed by atoms with Gasteiger partial charge in [0.05, 0.1) is 13.3 Å². The van der Waals surface area contributed by atoms with Gasteiger partial charge in [-0.25, -0.2) is 9.37 Å². The van der Waals surface area contributed by atoms with E-state index in [1.165, 1.54) is 17.4 Å². The number of hydrogen-bond donors (Lipinski definition) is 1. The zero-order valence-electron chi connectivity index (χ0n) is 21.2. The number of aryl methyl sites for hydroxylation is 1. The van der Waals surface area contributed by atoms with Gasteiger partial charge in [0.2, 0.25) is 5.95 Å². The van der Waals surface area contributed by atoms with Crippen LogP contribution in [0.3, 0.4) is 0 Å². The molecule has 184 valence electrons. The molecule has 0 saturated carbocycles. The van der Waals surface area contributed by atoms with Crippen LogP contribution in [0.1, 0.15) is 44.7 Å². The van der Waals surface area contributed by atoms with E-state index in [1.54, 1.807) is 7.11 Å². The van der Waals surface area contributed by atoms with Gasteiger partial charge in [0.15, 0.2) is 11.6 Å². The molecule has 2 aromatic carbocycles. The van der Waals surface area contributed by atoms with Crippen LogP contribution in [0.25, 0.3) is 0 Å². The Balaban J connectivity index is 1.38. The molecular formula is C28H34FN5O. The fraction of sp³-hybridized carbons (Fsp3) is 0.429. The fourth-order valence-corrected chi connectivity index (χ4v) is 5.15. The fourth-order valence-electron chi connectivity index (χ4n) is 5.15. The minimum Gasteiger partial charge on any atom is -0.497 e. The predicted molar refractivity (Wildman–Crippen MR) is 140 cm³/mol. The summed E-state index contributed by atoms with van der Waals surface area (Å²) in [7, 11) is 1.68. The van der Waals surface area contributed by atoms with E-state index in [2.05, 4.69) is 76.2 Å². The maximum atomic E-state index is 14.8. The maximum Gasteiger partial charge on any atom is 0.228 e. The van der Waals surface area contributed by atoms with Crippen molar-refractivity contribution < 1.29 is 9.13 Å². The highest BCUT2D eigenvalue weighted by atomic mass is 19.1. The smallest absolute Gasteiger partial charge is 0.228 e. The number of hydrogen-bond acceptors (Lipinski definition) is 6. The molecule has 0 aliphatic carbocycles. The number of methoxy groups -OCH3 is 1. The van der Waals surface area contributed by atoms with Crippen LogP contribution in [0.15, 0.2) is 48.7 Å². The van der Waals surface area contributed by atoms with Crippen molar-refractivity contribution in [3.05, 3.63) is 65.6 Å². The molecule has 5 rings (SSSR count). The van der Waals surface area contributed by atoms with Gasteiger partial charge in [0, 0.05) is 36.5 Å². The number of rotatable bonds is 5. The van der Waals surface area contributed by atoms with Crippen molar-refractivity contribution in [2.24, 2.45) is 0 Å². The third kappa shape index (κ3) is 4.64. The molecule has 2 fully saturated rings. The number of benzene rings is 2. The first-order chi connectivity index (χ1) is 16.7. The van der Waals surface area contributed by atoms with E-state index in [0.717, 1.165) is 42.9 Å². The van der Waals surface area contributed by atoms with E-state index in [4.69, 9.17) is 4.74 Å². The Hall–Kier alpha value is -3.35. The molecule has 0 amide bonds. The normalized spacial score (nSPS) is 19.7. The van der Waals surface area contributed by atoms with E-state index in [9.17, 15) is 4.39 Å². The minimum atomic E-state index is -0.446. The number of anilines is 4. The average molecular weight is 476 g/mol. The predicted octanol–water partition coefficient (Wildman–Crippen LogP) is 5.83. The quantitative estimate of drug-likeness (QED) is 0.501. The second-order valence-corrected chi connectivity index (χ2v) is 10.7. The molecule has 1 N–H and O–H groups in total. The van der Waals surface area contributed by atoms with Crippen molar-refractivity contribution in [3.63, 3.8) is 0 Å². The molecule has 0 unspecified atom stereocenters. The lowest BCUT2D eigenvalue weighted by atomic mass is 9.86. The van der Waals surface area contributed by atoms with Crippen molar-refractivity contribution in [2.75, 3.05) is 35.3 Å². The zero-order chi connectivity index (χ0) is 24.7. The number of aromatic nitrogens is 2. The molecule has 6 nitrogen and oxygen atoms in total. The van der Waals surface area contributed by atoms with Gasteiger partial charge in [-0.3, -0.25) is 0 Å². The summed E-state index contributed by atoms with van der Waals surface area (Å²) in [6, 6.07) is 15.1. The molecule has 3 aromatic rings. The Labute approximate surface area is 207 Å². The summed E-state index contributed by atoms with van der Waals surface area (Å²) in [6.07, 6.45) is 3.45. The third-order valence-corrected chi connectivity index (χ3v) is 7.24. The van der Waals surface area contributed by atoms with Gasteiger partial charge in [0.25, 0.3) is 0 Å². The number of piperazine rings is 1. The van der Waals surface area contributed by atoms with E-state index in [1.807, 2.05) is 19.1 Å². The molecular weight excluding hydrogens is 441 g/mol. The van der Waals surface area contributed by atoms with Crippen LogP contribution in [0, 0.1) is 12.7 Å². The summed E-state index contributed by atoms with van der Waals surface area (Å²) in [5, 5.41) is 3.25. The summed E-state index contributed by atoms with van der Waals surface area (Å²) >= 11 is 0. The van der Waals surface area contributed by atoms with Crippen molar-refractivity contribution in [3.8, 4) is 5.75 Å². The van der Waals surface area contributed by atoms with E-state index in [0.29, 0.717) is 18.0 Å². The van der Waals surface area contributed by atoms with E-state index in [-0.39, 0.29) is 11.2 Å². The van der Waals surface area contributed by atoms with E-state index < -0.39 is 5.82 Å². The van der Waals surface area contributed by atoms with Crippen LogP contribution >= 0.6 is 0 Å². The summed E-state index contributed by atoms with van der Waals surface area (Å²) in [5.41, 5.74) is 4.30. The number of nitrogens with zero attached hydrogens (tertiary/aromatic N) is 4. The van der Waals surface area contributed by atoms with Gasteiger partial charge in [0.1, 0.15) is 5.75 Å². The van der Waals surface area contributed by atoms with Crippen LogP contribution in [0.4, 0.5) is 27.5 Å². The lowest BCUT2D eigenvalue weighted by Gasteiger charge is -2.42. The van der Waals surface area contributed by atoms with Crippen LogP contribution in [-0.2, 0) is 5.41 Å². The van der Waals surface area contributed by atoms with Crippen LogP contribution in [0.2, 0.25) is 0 Å². The Morgan fingerprint density at radius 1 is 1.03 bits per heavy atom. The van der Waals surface area contributed by atoms with Crippen LogP contribution in [-0.4, -0.2) is 42.3 Å². The number of fused-ring (bicyclic) bond motifs is 2. The number of ether oxygens (including phenoxy) is 1. The first kappa shape index (κ1) is 23.4. The topological polar surface area (TPSA) is 53.5 Å². The highest BCUT2D eigenvalue weighted by molar-refractivity contribution is 5.63. The molecule has 35 heavy (non-hydrogen) atoms. The van der Waals surface area contributed by atoms with Gasteiger partial charge >= 0.3 is 0 Å². The minimum absolute atomic E-state index is 0.00224. The van der Waals surface area contributed by atoms with E-state index >= 15 is 0 Å². The van der Waals surface area contributed by atoms with Gasteiger partial charge in [-0.1, -0.05) is 32.9 Å². The number of nitrogens with one attached hydrogen (secondary N) is 1. The van der Waals surface area contributed by atoms with Gasteiger partial charge in [-0.2, -0.15) is 4.98 Å². The van der Waals surface area contributed by atoms with Crippen molar-refractivity contribution >= 4 is 23.1 Å². The summed E-state index contributed by atoms with van der Waals surface area (Å²) in [6.45, 7) is 10.3. The largest absolute Gasteiger partial charge is 0.497 e. The van der Waals surface area contributed by atoms with Gasteiger partial charge in [-0.15, -0.1) is 0 Å². The highest BCUT2D eigenvalue weighted by Gasteiger charge is 2.41. The average Bonchev–Trinajstić information content (AvgIpc) is 3.10. The lowest BCUT2D eigenvalue weighted by molar-refractivity contribution is 0.414. The molecule has 3 heterocycles. The first-order valence-electron chi connectivity index (χ1n) is 12.3. The van der Waals surface area contributed by atoms with Crippen molar-refractivity contribution in [1.82, 2.24) is 9.97 Å². The van der Waals surface area contributed by atoms with Crippen LogP contribution < -0.4 is 19.9 Å². The molecule has 2 aliphatic heterocycles. The summed E-state index contributed by atoms with van der Waals surface area (Å²) < 4.78 is 20.1. The molecule has 0 spiro atoms. The zero-order valence-corrected chi connectivity index (χ0v) is 21.2.